The number of nitrogens with zero attached hydrogens (tertiary/aromatic N) is 1. The maximum absolute atomic E-state index is 5.62. The van der Waals surface area contributed by atoms with Gasteiger partial charge in [-0.1, -0.05) is 44.0 Å². The van der Waals surface area contributed by atoms with Crippen molar-refractivity contribution in [3.63, 3.8) is 0 Å². The monoisotopic (exact) mass is 232 g/mol. The van der Waals surface area contributed by atoms with Crippen molar-refractivity contribution in [2.75, 3.05) is 6.54 Å². The zero-order chi connectivity index (χ0) is 12.1. The first-order valence-electron chi connectivity index (χ1n) is 6.85. The average Bonchev–Trinajstić information content (AvgIpc) is 2.90. The van der Waals surface area contributed by atoms with Crippen molar-refractivity contribution in [2.45, 2.75) is 51.7 Å². The summed E-state index contributed by atoms with van der Waals surface area (Å²) in [6.45, 7) is 5.16. The van der Waals surface area contributed by atoms with Crippen molar-refractivity contribution in [2.24, 2.45) is 5.73 Å². The fourth-order valence-electron chi connectivity index (χ4n) is 2.78. The van der Waals surface area contributed by atoms with Crippen LogP contribution in [-0.4, -0.2) is 17.5 Å². The van der Waals surface area contributed by atoms with Crippen LogP contribution in [-0.2, 0) is 13.1 Å². The molecule has 1 aliphatic carbocycles. The predicted octanol–water partition coefficient (Wildman–Crippen LogP) is 2.91. The van der Waals surface area contributed by atoms with Crippen LogP contribution in [0.2, 0.25) is 0 Å². The highest BCUT2D eigenvalue weighted by molar-refractivity contribution is 5.22. The molecule has 1 aromatic rings. The van der Waals surface area contributed by atoms with E-state index in [4.69, 9.17) is 5.73 Å². The molecular weight excluding hydrogens is 208 g/mol. The second-order valence-electron chi connectivity index (χ2n) is 5.02. The summed E-state index contributed by atoms with van der Waals surface area (Å²) in [5.41, 5.74) is 8.25. The molecule has 2 N–H and O–H groups in total. The van der Waals surface area contributed by atoms with Gasteiger partial charge in [0, 0.05) is 19.1 Å². The van der Waals surface area contributed by atoms with Crippen molar-refractivity contribution in [1.82, 2.24) is 4.90 Å². The van der Waals surface area contributed by atoms with Gasteiger partial charge in [-0.25, -0.2) is 0 Å². The molecule has 0 heterocycles. The lowest BCUT2D eigenvalue weighted by Gasteiger charge is -2.27. The third kappa shape index (κ3) is 3.30. The maximum atomic E-state index is 5.62. The van der Waals surface area contributed by atoms with E-state index in [-0.39, 0.29) is 0 Å². The van der Waals surface area contributed by atoms with Crippen molar-refractivity contribution < 1.29 is 0 Å². The highest BCUT2D eigenvalue weighted by Gasteiger charge is 2.21. The molecule has 0 aromatic heterocycles. The van der Waals surface area contributed by atoms with Gasteiger partial charge in [0.2, 0.25) is 0 Å². The normalized spacial score (nSPS) is 16.9. The van der Waals surface area contributed by atoms with Gasteiger partial charge in [-0.15, -0.1) is 0 Å². The van der Waals surface area contributed by atoms with Crippen LogP contribution in [0.15, 0.2) is 24.3 Å². The maximum Gasteiger partial charge on any atom is 0.0236 e. The molecule has 1 fully saturated rings. The predicted molar refractivity (Wildman–Crippen MR) is 72.7 cm³/mol. The van der Waals surface area contributed by atoms with Gasteiger partial charge in [-0.05, 0) is 30.5 Å². The molecule has 0 aliphatic heterocycles. The number of hydrogen-bond donors (Lipinski definition) is 1. The van der Waals surface area contributed by atoms with E-state index in [1.165, 1.54) is 36.8 Å². The van der Waals surface area contributed by atoms with Gasteiger partial charge in [-0.3, -0.25) is 4.90 Å². The summed E-state index contributed by atoms with van der Waals surface area (Å²) in [6, 6.07) is 9.56. The summed E-state index contributed by atoms with van der Waals surface area (Å²) in [5.74, 6) is 0. The fraction of sp³-hybridized carbons (Fsp3) is 0.600. The first kappa shape index (κ1) is 12.6. The molecule has 2 nitrogen and oxygen atoms in total. The number of hydrogen-bond acceptors (Lipinski definition) is 2. The van der Waals surface area contributed by atoms with E-state index in [1.807, 2.05) is 0 Å². The molecule has 2 heteroatoms. The van der Waals surface area contributed by atoms with Crippen LogP contribution in [0.5, 0.6) is 0 Å². The summed E-state index contributed by atoms with van der Waals surface area (Å²) in [6.07, 6.45) is 5.59. The largest absolute Gasteiger partial charge is 0.326 e. The van der Waals surface area contributed by atoms with Gasteiger partial charge < -0.3 is 5.73 Å². The molecule has 0 amide bonds. The summed E-state index contributed by atoms with van der Waals surface area (Å²) < 4.78 is 0. The van der Waals surface area contributed by atoms with Crippen LogP contribution in [0.25, 0.3) is 0 Å². The molecule has 94 valence electrons. The van der Waals surface area contributed by atoms with E-state index in [0.717, 1.165) is 19.1 Å². The van der Waals surface area contributed by atoms with Gasteiger partial charge in [0.1, 0.15) is 0 Å². The lowest BCUT2D eigenvalue weighted by atomic mass is 10.1. The lowest BCUT2D eigenvalue weighted by Crippen LogP contribution is -2.32. The van der Waals surface area contributed by atoms with Gasteiger partial charge in [0.05, 0.1) is 0 Å². The summed E-state index contributed by atoms with van der Waals surface area (Å²) >= 11 is 0. The second kappa shape index (κ2) is 6.18. The molecule has 0 radical (unpaired) electrons. The van der Waals surface area contributed by atoms with E-state index in [0.29, 0.717) is 6.54 Å². The Kier molecular flexibility index (Phi) is 4.57. The first-order valence-corrected chi connectivity index (χ1v) is 6.85. The summed E-state index contributed by atoms with van der Waals surface area (Å²) in [7, 11) is 0. The van der Waals surface area contributed by atoms with Crippen LogP contribution in [0.1, 0.15) is 43.7 Å². The van der Waals surface area contributed by atoms with E-state index in [9.17, 15) is 0 Å². The number of benzene rings is 1. The van der Waals surface area contributed by atoms with Crippen molar-refractivity contribution >= 4 is 0 Å². The van der Waals surface area contributed by atoms with E-state index < -0.39 is 0 Å². The van der Waals surface area contributed by atoms with Crippen molar-refractivity contribution in [1.29, 1.82) is 0 Å². The second-order valence-corrected chi connectivity index (χ2v) is 5.02. The zero-order valence-corrected chi connectivity index (χ0v) is 10.9. The Hall–Kier alpha value is -0.860. The van der Waals surface area contributed by atoms with Crippen LogP contribution < -0.4 is 5.73 Å². The number of rotatable bonds is 5. The SMILES string of the molecule is CCN(Cc1ccc(CN)cc1)C1CCCC1. The quantitative estimate of drug-likeness (QED) is 0.846. The Morgan fingerprint density at radius 3 is 2.24 bits per heavy atom. The van der Waals surface area contributed by atoms with Crippen LogP contribution >= 0.6 is 0 Å². The number of nitrogens with two attached hydrogens (primary N) is 1. The molecule has 0 spiro atoms. The van der Waals surface area contributed by atoms with Crippen LogP contribution in [0.3, 0.4) is 0 Å². The highest BCUT2D eigenvalue weighted by atomic mass is 15.1. The Balaban J connectivity index is 1.96. The first-order chi connectivity index (χ1) is 8.33. The average molecular weight is 232 g/mol. The van der Waals surface area contributed by atoms with Crippen LogP contribution in [0.4, 0.5) is 0 Å². The van der Waals surface area contributed by atoms with E-state index in [1.54, 1.807) is 0 Å². The molecule has 17 heavy (non-hydrogen) atoms. The molecule has 0 unspecified atom stereocenters. The summed E-state index contributed by atoms with van der Waals surface area (Å²) in [4.78, 5) is 2.62. The molecule has 2 rings (SSSR count). The van der Waals surface area contributed by atoms with Gasteiger partial charge in [0.25, 0.3) is 0 Å². The van der Waals surface area contributed by atoms with Gasteiger partial charge in [-0.2, -0.15) is 0 Å². The minimum Gasteiger partial charge on any atom is -0.326 e. The Morgan fingerprint density at radius 2 is 1.71 bits per heavy atom. The Labute approximate surface area is 105 Å². The molecule has 0 bridgehead atoms. The molecule has 0 saturated heterocycles. The summed E-state index contributed by atoms with van der Waals surface area (Å²) in [5, 5.41) is 0. The third-order valence-electron chi connectivity index (χ3n) is 3.89. The minimum atomic E-state index is 0.639. The molecule has 1 saturated carbocycles. The molecule has 0 atom stereocenters. The van der Waals surface area contributed by atoms with E-state index >= 15 is 0 Å². The van der Waals surface area contributed by atoms with Gasteiger partial charge in [0.15, 0.2) is 0 Å². The van der Waals surface area contributed by atoms with Crippen molar-refractivity contribution in [3.05, 3.63) is 35.4 Å². The molecule has 1 aliphatic rings. The Morgan fingerprint density at radius 1 is 1.12 bits per heavy atom. The van der Waals surface area contributed by atoms with Gasteiger partial charge >= 0.3 is 0 Å². The van der Waals surface area contributed by atoms with Crippen LogP contribution in [0, 0.1) is 0 Å². The minimum absolute atomic E-state index is 0.639. The molecular formula is C15H24N2. The zero-order valence-electron chi connectivity index (χ0n) is 10.9. The fourth-order valence-corrected chi connectivity index (χ4v) is 2.78. The Bertz CT molecular complexity index is 325. The van der Waals surface area contributed by atoms with E-state index in [2.05, 4.69) is 36.1 Å². The third-order valence-corrected chi connectivity index (χ3v) is 3.89. The standard InChI is InChI=1S/C15H24N2/c1-2-17(15-5-3-4-6-15)12-14-9-7-13(11-16)8-10-14/h7-10,15H,2-6,11-12,16H2,1H3. The molecule has 1 aromatic carbocycles. The highest BCUT2D eigenvalue weighted by Crippen LogP contribution is 2.24. The smallest absolute Gasteiger partial charge is 0.0236 e. The topological polar surface area (TPSA) is 29.3 Å². The van der Waals surface area contributed by atoms with Crippen molar-refractivity contribution in [3.8, 4) is 0 Å². The lowest BCUT2D eigenvalue weighted by molar-refractivity contribution is 0.200.